The topological polar surface area (TPSA) is 116 Å². The predicted octanol–water partition coefficient (Wildman–Crippen LogP) is 0.511. The zero-order valence-corrected chi connectivity index (χ0v) is 24.7. The molecule has 8 nitrogen and oxygen atoms in total. The molecule has 0 unspecified atom stereocenters. The molecule has 0 aliphatic heterocycles. The molecule has 0 spiro atoms. The molecule has 1 aromatic carbocycles. The van der Waals surface area contributed by atoms with Gasteiger partial charge < -0.3 is 0 Å². The molecule has 10 heteroatoms. The molecular weight excluding hydrogens is 676 g/mol. The third-order valence-corrected chi connectivity index (χ3v) is 13.5. The summed E-state index contributed by atoms with van der Waals surface area (Å²) in [7, 11) is 0. The average Bonchev–Trinajstić information content (AvgIpc) is 2.87. The number of hydrogen-bond acceptors (Lipinski definition) is 4. The first kappa shape index (κ1) is 30.7. The Bertz CT molecular complexity index is 954. The van der Waals surface area contributed by atoms with E-state index in [1.165, 1.54) is 72.9 Å². The minimum absolute atomic E-state index is 0.354. The fraction of sp³-hybridized carbons (Fsp3) is 0. The third-order valence-electron chi connectivity index (χ3n) is 3.79. The molecule has 0 bridgehead atoms. The Kier molecular flexibility index (Phi) is 15.3. The first-order valence-corrected chi connectivity index (χ1v) is 18.1. The third kappa shape index (κ3) is 12.4. The Morgan fingerprint density at radius 1 is 0.500 bits per heavy atom. The van der Waals surface area contributed by atoms with Crippen LogP contribution in [0.1, 0.15) is 0 Å². The maximum atomic E-state index is 12.3. The van der Waals surface area contributed by atoms with Gasteiger partial charge >= 0.3 is 229 Å². The van der Waals surface area contributed by atoms with Crippen LogP contribution in [-0.4, -0.2) is 65.2 Å². The number of carbonyl (C=O) groups is 4. The Labute approximate surface area is 227 Å². The number of rotatable bonds is 14. The Morgan fingerprint density at radius 2 is 0.722 bits per heavy atom. The Hall–Kier alpha value is -3.34. The van der Waals surface area contributed by atoms with Crippen LogP contribution in [0.15, 0.2) is 123 Å². The summed E-state index contributed by atoms with van der Waals surface area (Å²) in [6, 6.07) is 7.12. The van der Waals surface area contributed by atoms with Gasteiger partial charge in [0, 0.05) is 0 Å². The van der Waals surface area contributed by atoms with Gasteiger partial charge in [0.15, 0.2) is 0 Å². The molecule has 186 valence electrons. The van der Waals surface area contributed by atoms with E-state index in [0.29, 0.717) is 0 Å². The summed E-state index contributed by atoms with van der Waals surface area (Å²) in [6.07, 6.45) is 17.2. The van der Waals surface area contributed by atoms with E-state index in [4.69, 9.17) is 0 Å². The average molecular weight is 704 g/mol. The van der Waals surface area contributed by atoms with Crippen molar-refractivity contribution in [1.29, 1.82) is 0 Å². The van der Waals surface area contributed by atoms with Gasteiger partial charge in [0.1, 0.15) is 0 Å². The van der Waals surface area contributed by atoms with Crippen LogP contribution in [0.4, 0.5) is 0 Å². The number of allylic oxidation sites excluding steroid dienone is 8. The van der Waals surface area contributed by atoms with Gasteiger partial charge in [0.05, 0.1) is 0 Å². The van der Waals surface area contributed by atoms with E-state index < -0.39 is 41.5 Å². The second kappa shape index (κ2) is 18.0. The SMILES string of the molecule is C=CC=CC(=O)[NH][Sb]([NH]C(=O)C=CC=C)[c]1cc[c]([Sb]([NH]C(=O)C=CC=C)[NH]C(=O)C=CC=C)cc1. The van der Waals surface area contributed by atoms with E-state index in [-0.39, 0.29) is 23.6 Å². The van der Waals surface area contributed by atoms with Crippen LogP contribution in [0.3, 0.4) is 0 Å². The van der Waals surface area contributed by atoms with Crippen molar-refractivity contribution >= 4 is 72.2 Å². The van der Waals surface area contributed by atoms with Crippen molar-refractivity contribution in [2.24, 2.45) is 0 Å². The molecule has 0 saturated heterocycles. The molecule has 0 aliphatic carbocycles. The maximum absolute atomic E-state index is 12.3. The minimum atomic E-state index is -3.03. The van der Waals surface area contributed by atoms with Gasteiger partial charge in [-0.15, -0.1) is 0 Å². The van der Waals surface area contributed by atoms with Crippen molar-refractivity contribution in [2.45, 2.75) is 0 Å². The van der Waals surface area contributed by atoms with Gasteiger partial charge in [0.2, 0.25) is 0 Å². The zero-order chi connectivity index (χ0) is 26.8. The van der Waals surface area contributed by atoms with Gasteiger partial charge in [-0.2, -0.15) is 0 Å². The van der Waals surface area contributed by atoms with Crippen LogP contribution in [0.2, 0.25) is 0 Å². The van der Waals surface area contributed by atoms with Crippen LogP contribution >= 0.6 is 0 Å². The summed E-state index contributed by atoms with van der Waals surface area (Å²) in [5.41, 5.74) is 0. The van der Waals surface area contributed by atoms with Crippen molar-refractivity contribution in [2.75, 3.05) is 0 Å². The molecule has 0 atom stereocenters. The standard InChI is InChI=1S/C6H4.4C5H7NO.2Sb/c1-2-4-6-5-3-1;4*1-2-3-4-5(6)7;;/h1-2,5-6H;4*2-4H,1H2,(H2,6,7);;/q;;;;;2*+2/p-4. The number of carbonyl (C=O) groups excluding carboxylic acids is 4. The summed E-state index contributed by atoms with van der Waals surface area (Å²) in [5, 5.41) is 0. The molecular formula is C26H28N4O4Sb2. The van der Waals surface area contributed by atoms with E-state index in [1.807, 2.05) is 0 Å². The molecule has 0 aromatic heterocycles. The van der Waals surface area contributed by atoms with Crippen LogP contribution in [0.25, 0.3) is 0 Å². The molecule has 4 N–H and O–H groups in total. The van der Waals surface area contributed by atoms with Crippen molar-refractivity contribution in [3.63, 3.8) is 0 Å². The van der Waals surface area contributed by atoms with Crippen molar-refractivity contribution in [1.82, 2.24) is 13.9 Å². The van der Waals surface area contributed by atoms with Crippen molar-refractivity contribution in [3.8, 4) is 0 Å². The summed E-state index contributed by atoms with van der Waals surface area (Å²) in [6.45, 7) is 14.2. The fourth-order valence-corrected chi connectivity index (χ4v) is 9.99. The van der Waals surface area contributed by atoms with Crippen molar-refractivity contribution in [3.05, 3.63) is 123 Å². The molecule has 4 amide bonds. The second-order valence-corrected chi connectivity index (χ2v) is 15.8. The van der Waals surface area contributed by atoms with E-state index >= 15 is 0 Å². The molecule has 1 rings (SSSR count). The van der Waals surface area contributed by atoms with Crippen LogP contribution < -0.4 is 20.9 Å². The second-order valence-electron chi connectivity index (χ2n) is 6.47. The molecule has 0 fully saturated rings. The number of nitrogens with one attached hydrogen (secondary N) is 4. The monoisotopic (exact) mass is 702 g/mol. The van der Waals surface area contributed by atoms with Crippen LogP contribution in [-0.2, 0) is 19.2 Å². The molecule has 0 saturated carbocycles. The van der Waals surface area contributed by atoms with E-state index in [1.54, 1.807) is 24.3 Å². The summed E-state index contributed by atoms with van der Waals surface area (Å²) in [4.78, 5) is 49.1. The Balaban J connectivity index is 3.24. The van der Waals surface area contributed by atoms with Crippen LogP contribution in [0.5, 0.6) is 0 Å². The molecule has 0 aliphatic rings. The van der Waals surface area contributed by atoms with E-state index in [0.717, 1.165) is 7.02 Å². The van der Waals surface area contributed by atoms with Gasteiger partial charge in [-0.05, 0) is 0 Å². The summed E-state index contributed by atoms with van der Waals surface area (Å²) < 4.78 is 13.1. The summed E-state index contributed by atoms with van der Waals surface area (Å²) in [5.74, 6) is -1.42. The quantitative estimate of drug-likeness (QED) is 0.129. The summed E-state index contributed by atoms with van der Waals surface area (Å²) >= 11 is -6.07. The first-order chi connectivity index (χ1) is 17.3. The molecule has 0 radical (unpaired) electrons. The molecule has 0 heterocycles. The van der Waals surface area contributed by atoms with E-state index in [2.05, 4.69) is 40.2 Å². The zero-order valence-electron chi connectivity index (χ0n) is 19.6. The van der Waals surface area contributed by atoms with Gasteiger partial charge in [-0.25, -0.2) is 0 Å². The van der Waals surface area contributed by atoms with Crippen molar-refractivity contribution < 1.29 is 19.2 Å². The number of benzene rings is 1. The van der Waals surface area contributed by atoms with Crippen LogP contribution in [0, 0.1) is 0 Å². The predicted molar refractivity (Wildman–Crippen MR) is 147 cm³/mol. The number of hydrogen-bond donors (Lipinski definition) is 4. The van der Waals surface area contributed by atoms with E-state index in [9.17, 15) is 19.2 Å². The fourth-order valence-electron chi connectivity index (χ4n) is 2.28. The Morgan fingerprint density at radius 3 is 0.917 bits per heavy atom. The number of amides is 4. The van der Waals surface area contributed by atoms with Gasteiger partial charge in [-0.3, -0.25) is 0 Å². The van der Waals surface area contributed by atoms with Gasteiger partial charge in [-0.1, -0.05) is 0 Å². The molecule has 36 heavy (non-hydrogen) atoms. The first-order valence-electron chi connectivity index (χ1n) is 10.4. The molecule has 1 aromatic rings. The normalized spacial score (nSPS) is 11.2. The van der Waals surface area contributed by atoms with Gasteiger partial charge in [0.25, 0.3) is 0 Å².